The van der Waals surface area contributed by atoms with E-state index in [-0.39, 0.29) is 5.75 Å². The van der Waals surface area contributed by atoms with Gasteiger partial charge in [0.05, 0.1) is 0 Å². The first-order valence-electron chi connectivity index (χ1n) is 5.31. The molecule has 0 heterocycles. The summed E-state index contributed by atoms with van der Waals surface area (Å²) in [5, 5.41) is 17.1. The Labute approximate surface area is 108 Å². The molecular weight excluding hydrogens is 257 g/mol. The summed E-state index contributed by atoms with van der Waals surface area (Å²) < 4.78 is 36.6. The molecule has 7 heteroatoms. The van der Waals surface area contributed by atoms with E-state index in [2.05, 4.69) is 4.65 Å². The van der Waals surface area contributed by atoms with Gasteiger partial charge in [-0.3, -0.25) is 0 Å². The van der Waals surface area contributed by atoms with Crippen molar-refractivity contribution in [2.45, 2.75) is 0 Å². The monoisotopic (exact) mass is 266 g/mol. The Morgan fingerprint density at radius 2 is 1.47 bits per heavy atom. The molecule has 0 saturated heterocycles. The van der Waals surface area contributed by atoms with E-state index in [1.807, 2.05) is 0 Å². The Balaban J connectivity index is 2.25. The third kappa shape index (κ3) is 3.43. The van der Waals surface area contributed by atoms with Crippen molar-refractivity contribution in [2.75, 3.05) is 0 Å². The quantitative estimate of drug-likeness (QED) is 0.832. The highest BCUT2D eigenvalue weighted by Crippen LogP contribution is 2.30. The lowest BCUT2D eigenvalue weighted by molar-refractivity contribution is 0.280. The molecule has 0 aliphatic rings. The fourth-order valence-electron chi connectivity index (χ4n) is 1.41. The number of halogens is 2. The van der Waals surface area contributed by atoms with Crippen molar-refractivity contribution < 1.29 is 28.2 Å². The van der Waals surface area contributed by atoms with E-state index in [0.717, 1.165) is 6.07 Å². The third-order valence-corrected chi connectivity index (χ3v) is 2.19. The van der Waals surface area contributed by atoms with Gasteiger partial charge in [-0.1, -0.05) is 18.2 Å². The Kier molecular flexibility index (Phi) is 3.98. The molecule has 19 heavy (non-hydrogen) atoms. The maximum Gasteiger partial charge on any atom is 0.707 e. The maximum atomic E-state index is 13.6. The molecule has 2 aromatic carbocycles. The zero-order valence-corrected chi connectivity index (χ0v) is 9.59. The molecule has 0 fully saturated rings. The zero-order chi connectivity index (χ0) is 13.8. The second-order valence-corrected chi connectivity index (χ2v) is 3.57. The van der Waals surface area contributed by atoms with Crippen molar-refractivity contribution >= 4 is 7.32 Å². The molecule has 0 saturated carbocycles. The molecule has 0 aromatic heterocycles. The zero-order valence-electron chi connectivity index (χ0n) is 9.59. The lowest BCUT2D eigenvalue weighted by Crippen LogP contribution is -2.21. The second-order valence-electron chi connectivity index (χ2n) is 3.57. The topological polar surface area (TPSA) is 58.9 Å². The van der Waals surface area contributed by atoms with Crippen molar-refractivity contribution in [1.29, 1.82) is 0 Å². The van der Waals surface area contributed by atoms with Gasteiger partial charge < -0.3 is 19.4 Å². The predicted molar refractivity (Wildman–Crippen MR) is 63.7 cm³/mol. The summed E-state index contributed by atoms with van der Waals surface area (Å²) >= 11 is 0. The summed E-state index contributed by atoms with van der Waals surface area (Å²) in [4.78, 5) is 0. The summed E-state index contributed by atoms with van der Waals surface area (Å²) in [7, 11) is -2.23. The smallest absolute Gasteiger partial charge is 0.509 e. The predicted octanol–water partition coefficient (Wildman–Crippen LogP) is 2.11. The van der Waals surface area contributed by atoms with Gasteiger partial charge in [-0.25, -0.2) is 8.78 Å². The third-order valence-electron chi connectivity index (χ3n) is 2.19. The van der Waals surface area contributed by atoms with E-state index >= 15 is 0 Å². The van der Waals surface area contributed by atoms with Gasteiger partial charge in [0.2, 0.25) is 0 Å². The van der Waals surface area contributed by atoms with E-state index < -0.39 is 24.7 Å². The van der Waals surface area contributed by atoms with E-state index in [1.54, 1.807) is 30.3 Å². The molecule has 98 valence electrons. The van der Waals surface area contributed by atoms with Gasteiger partial charge >= 0.3 is 7.32 Å². The van der Waals surface area contributed by atoms with E-state index in [4.69, 9.17) is 14.8 Å². The van der Waals surface area contributed by atoms with Crippen molar-refractivity contribution in [2.24, 2.45) is 0 Å². The van der Waals surface area contributed by atoms with Gasteiger partial charge in [-0.05, 0) is 12.1 Å². The Morgan fingerprint density at radius 3 is 2.11 bits per heavy atom. The van der Waals surface area contributed by atoms with Gasteiger partial charge in [0.25, 0.3) is 0 Å². The first-order valence-corrected chi connectivity index (χ1v) is 5.31. The van der Waals surface area contributed by atoms with E-state index in [9.17, 15) is 8.78 Å². The van der Waals surface area contributed by atoms with Crippen LogP contribution in [-0.4, -0.2) is 17.4 Å². The summed E-state index contributed by atoms with van der Waals surface area (Å²) in [6, 6.07) is 9.72. The highest BCUT2D eigenvalue weighted by atomic mass is 19.1. The number of rotatable bonds is 4. The Bertz CT molecular complexity index is 563. The summed E-state index contributed by atoms with van der Waals surface area (Å²) in [5.74, 6) is -2.46. The van der Waals surface area contributed by atoms with Crippen LogP contribution in [0, 0.1) is 11.6 Å². The number of benzene rings is 2. The fourth-order valence-corrected chi connectivity index (χ4v) is 1.41. The fraction of sp³-hybridized carbons (Fsp3) is 0. The minimum atomic E-state index is -2.23. The standard InChI is InChI=1S/C12H9BF2O4/c14-9-7-12(19-13(16)17)10(15)6-11(9)18-8-4-2-1-3-5-8/h1-7,16-17H. The Hall–Kier alpha value is -2.12. The van der Waals surface area contributed by atoms with Crippen LogP contribution in [0.2, 0.25) is 0 Å². The van der Waals surface area contributed by atoms with Crippen LogP contribution in [0.1, 0.15) is 0 Å². The van der Waals surface area contributed by atoms with Crippen LogP contribution in [0.25, 0.3) is 0 Å². The van der Waals surface area contributed by atoms with Gasteiger partial charge in [-0.15, -0.1) is 0 Å². The molecular formula is C12H9BF2O4. The van der Waals surface area contributed by atoms with Crippen LogP contribution in [0.3, 0.4) is 0 Å². The first kappa shape index (κ1) is 13.3. The van der Waals surface area contributed by atoms with Crippen LogP contribution >= 0.6 is 0 Å². The molecule has 0 aliphatic carbocycles. The van der Waals surface area contributed by atoms with E-state index in [0.29, 0.717) is 11.8 Å². The number of para-hydroxylation sites is 1. The SMILES string of the molecule is OB(O)Oc1cc(F)c(Oc2ccccc2)cc1F. The summed E-state index contributed by atoms with van der Waals surface area (Å²) in [6.45, 7) is 0. The second kappa shape index (κ2) is 5.68. The van der Waals surface area contributed by atoms with Crippen LogP contribution in [-0.2, 0) is 0 Å². The van der Waals surface area contributed by atoms with Crippen molar-refractivity contribution in [3.63, 3.8) is 0 Å². The number of ether oxygens (including phenoxy) is 1. The largest absolute Gasteiger partial charge is 0.707 e. The molecule has 0 radical (unpaired) electrons. The maximum absolute atomic E-state index is 13.6. The van der Waals surface area contributed by atoms with Crippen LogP contribution in [0.5, 0.6) is 17.2 Å². The minimum absolute atomic E-state index is 0.330. The molecule has 0 atom stereocenters. The molecule has 2 rings (SSSR count). The summed E-state index contributed by atoms with van der Waals surface area (Å²) in [5.41, 5.74) is 0. The van der Waals surface area contributed by atoms with Crippen LogP contribution in [0.15, 0.2) is 42.5 Å². The lowest BCUT2D eigenvalue weighted by atomic mass is 10.2. The molecule has 0 bridgehead atoms. The first-order chi connectivity index (χ1) is 9.06. The molecule has 0 unspecified atom stereocenters. The lowest BCUT2D eigenvalue weighted by Gasteiger charge is -2.10. The Morgan fingerprint density at radius 1 is 0.895 bits per heavy atom. The van der Waals surface area contributed by atoms with Gasteiger partial charge in [0, 0.05) is 12.1 Å². The van der Waals surface area contributed by atoms with Gasteiger partial charge in [0.15, 0.2) is 17.4 Å². The summed E-state index contributed by atoms with van der Waals surface area (Å²) in [6.07, 6.45) is 0. The average Bonchev–Trinajstić information content (AvgIpc) is 2.36. The molecule has 2 aromatic rings. The molecule has 0 spiro atoms. The minimum Gasteiger partial charge on any atom is -0.509 e. The number of hydrogen-bond donors (Lipinski definition) is 2. The van der Waals surface area contributed by atoms with Crippen LogP contribution < -0.4 is 9.39 Å². The molecule has 4 nitrogen and oxygen atoms in total. The van der Waals surface area contributed by atoms with Crippen molar-refractivity contribution in [3.05, 3.63) is 54.1 Å². The van der Waals surface area contributed by atoms with Gasteiger partial charge in [0.1, 0.15) is 11.5 Å². The molecule has 2 N–H and O–H groups in total. The molecule has 0 amide bonds. The van der Waals surface area contributed by atoms with Crippen LogP contribution in [0.4, 0.5) is 8.78 Å². The van der Waals surface area contributed by atoms with Gasteiger partial charge in [-0.2, -0.15) is 0 Å². The highest BCUT2D eigenvalue weighted by Gasteiger charge is 2.18. The van der Waals surface area contributed by atoms with Crippen molar-refractivity contribution in [1.82, 2.24) is 0 Å². The average molecular weight is 266 g/mol. The highest BCUT2D eigenvalue weighted by molar-refractivity contribution is 6.33. The number of hydrogen-bond acceptors (Lipinski definition) is 4. The van der Waals surface area contributed by atoms with E-state index in [1.165, 1.54) is 0 Å². The molecule has 0 aliphatic heterocycles. The van der Waals surface area contributed by atoms with Crippen molar-refractivity contribution in [3.8, 4) is 17.2 Å². The normalized spacial score (nSPS) is 10.1.